The molecule has 5 atom stereocenters. The van der Waals surface area contributed by atoms with Gasteiger partial charge in [-0.15, -0.1) is 0 Å². The van der Waals surface area contributed by atoms with Crippen LogP contribution in [0.1, 0.15) is 57.8 Å². The highest BCUT2D eigenvalue weighted by Crippen LogP contribution is 2.58. The summed E-state index contributed by atoms with van der Waals surface area (Å²) in [5, 5.41) is 9.78. The Morgan fingerprint density at radius 2 is 1.79 bits per heavy atom. The number of aromatic carboxylic acids is 1. The monoisotopic (exact) mass is 447 g/mol. The van der Waals surface area contributed by atoms with Gasteiger partial charge < -0.3 is 10.0 Å². The van der Waals surface area contributed by atoms with Crippen molar-refractivity contribution in [2.24, 2.45) is 11.8 Å². The maximum atomic E-state index is 11.9. The SMILES string of the molecule is O=C(O)c1cc2c3c(c1)[C@@H]1CC=C[C@@H]1[C@H](c1ccc(Br)cc1)N3C[C@@H]1CC=C[C@H]21. The van der Waals surface area contributed by atoms with Gasteiger partial charge in [0.2, 0.25) is 0 Å². The number of allylic oxidation sites excluding steroid dienone is 3. The molecule has 0 bridgehead atoms. The Balaban J connectivity index is 1.59. The lowest BCUT2D eigenvalue weighted by molar-refractivity contribution is 0.0696. The van der Waals surface area contributed by atoms with Crippen LogP contribution in [0, 0.1) is 11.8 Å². The number of rotatable bonds is 2. The second kappa shape index (κ2) is 6.33. The highest BCUT2D eigenvalue weighted by atomic mass is 79.9. The van der Waals surface area contributed by atoms with Gasteiger partial charge in [0.25, 0.3) is 0 Å². The Labute approximate surface area is 178 Å². The first-order valence-electron chi connectivity index (χ1n) is 10.4. The molecule has 0 saturated carbocycles. The van der Waals surface area contributed by atoms with Crippen LogP contribution in [0.3, 0.4) is 0 Å². The topological polar surface area (TPSA) is 40.5 Å². The molecule has 2 heterocycles. The zero-order chi connectivity index (χ0) is 19.7. The number of carbonyl (C=O) groups is 1. The molecule has 2 aromatic carbocycles. The number of carboxylic acids is 1. The number of anilines is 1. The smallest absolute Gasteiger partial charge is 0.335 e. The van der Waals surface area contributed by atoms with E-state index in [9.17, 15) is 9.90 Å². The molecular formula is C25H22BrNO2. The average Bonchev–Trinajstić information content (AvgIpc) is 3.38. The Morgan fingerprint density at radius 1 is 1.03 bits per heavy atom. The second-order valence-electron chi connectivity index (χ2n) is 8.75. The van der Waals surface area contributed by atoms with Gasteiger partial charge in [0.1, 0.15) is 0 Å². The molecule has 0 aromatic heterocycles. The number of fused-ring (bicyclic) bond motifs is 4. The highest BCUT2D eigenvalue weighted by molar-refractivity contribution is 9.10. The van der Waals surface area contributed by atoms with Gasteiger partial charge in [0, 0.05) is 28.5 Å². The molecule has 0 radical (unpaired) electrons. The van der Waals surface area contributed by atoms with Crippen molar-refractivity contribution in [2.45, 2.75) is 30.7 Å². The first-order chi connectivity index (χ1) is 14.1. The van der Waals surface area contributed by atoms with E-state index in [4.69, 9.17) is 0 Å². The molecule has 0 saturated heterocycles. The zero-order valence-electron chi connectivity index (χ0n) is 16.0. The van der Waals surface area contributed by atoms with E-state index in [0.717, 1.165) is 23.9 Å². The molecule has 3 nitrogen and oxygen atoms in total. The van der Waals surface area contributed by atoms with Crippen LogP contribution in [0.15, 0.2) is 65.2 Å². The van der Waals surface area contributed by atoms with E-state index in [1.54, 1.807) is 0 Å². The van der Waals surface area contributed by atoms with E-state index in [-0.39, 0.29) is 0 Å². The maximum Gasteiger partial charge on any atom is 0.335 e. The van der Waals surface area contributed by atoms with Crippen LogP contribution in [0.25, 0.3) is 0 Å². The standard InChI is InChI=1S/C25H22BrNO2/c26-17-9-7-14(8-10-17)23-20-6-2-5-19(20)22-12-16(25(28)29)11-21-18-4-1-3-15(18)13-27(23)24(21)22/h1-2,4,6-12,15,18-20,23H,3,5,13H2,(H,28,29)/t15-,18-,19+,20-,23-/m0/s1. The molecular weight excluding hydrogens is 426 g/mol. The number of halogens is 1. The summed E-state index contributed by atoms with van der Waals surface area (Å²) >= 11 is 3.57. The fourth-order valence-electron chi connectivity index (χ4n) is 6.12. The molecule has 2 aromatic rings. The summed E-state index contributed by atoms with van der Waals surface area (Å²) in [7, 11) is 0. The van der Waals surface area contributed by atoms with Crippen molar-refractivity contribution in [2.75, 3.05) is 11.4 Å². The number of hydrogen-bond donors (Lipinski definition) is 1. The van der Waals surface area contributed by atoms with E-state index >= 15 is 0 Å². The van der Waals surface area contributed by atoms with Gasteiger partial charge in [-0.2, -0.15) is 0 Å². The van der Waals surface area contributed by atoms with Gasteiger partial charge in [-0.1, -0.05) is 52.4 Å². The molecule has 2 aliphatic heterocycles. The minimum absolute atomic E-state index is 0.301. The van der Waals surface area contributed by atoms with E-state index < -0.39 is 5.97 Å². The quantitative estimate of drug-likeness (QED) is 0.570. The van der Waals surface area contributed by atoms with Crippen LogP contribution in [0.2, 0.25) is 0 Å². The zero-order valence-corrected chi connectivity index (χ0v) is 17.5. The predicted molar refractivity (Wildman–Crippen MR) is 118 cm³/mol. The lowest BCUT2D eigenvalue weighted by atomic mass is 9.70. The predicted octanol–water partition coefficient (Wildman–Crippen LogP) is 6.04. The summed E-state index contributed by atoms with van der Waals surface area (Å²) in [6.07, 6.45) is 11.3. The van der Waals surface area contributed by atoms with Gasteiger partial charge in [0.05, 0.1) is 11.6 Å². The van der Waals surface area contributed by atoms with Crippen LogP contribution in [-0.4, -0.2) is 17.6 Å². The Morgan fingerprint density at radius 3 is 2.59 bits per heavy atom. The molecule has 4 heteroatoms. The van der Waals surface area contributed by atoms with E-state index in [2.05, 4.69) is 69.4 Å². The first-order valence-corrected chi connectivity index (χ1v) is 11.2. The summed E-state index contributed by atoms with van der Waals surface area (Å²) in [5.41, 5.74) is 5.55. The van der Waals surface area contributed by atoms with Crippen molar-refractivity contribution < 1.29 is 9.90 Å². The fraction of sp³-hybridized carbons (Fsp3) is 0.320. The van der Waals surface area contributed by atoms with Crippen molar-refractivity contribution in [1.82, 2.24) is 0 Å². The van der Waals surface area contributed by atoms with Gasteiger partial charge in [0.15, 0.2) is 0 Å². The fourth-order valence-corrected chi connectivity index (χ4v) is 6.39. The van der Waals surface area contributed by atoms with Crippen molar-refractivity contribution >= 4 is 27.6 Å². The van der Waals surface area contributed by atoms with Gasteiger partial charge in [-0.05, 0) is 65.6 Å². The molecule has 0 fully saturated rings. The Hall–Kier alpha value is -2.33. The van der Waals surface area contributed by atoms with Crippen molar-refractivity contribution in [1.29, 1.82) is 0 Å². The normalized spacial score (nSPS) is 30.8. The summed E-state index contributed by atoms with van der Waals surface area (Å²) in [6, 6.07) is 13.0. The summed E-state index contributed by atoms with van der Waals surface area (Å²) in [6.45, 7) is 1.03. The largest absolute Gasteiger partial charge is 0.478 e. The molecule has 6 rings (SSSR count). The summed E-state index contributed by atoms with van der Waals surface area (Å²) in [5.74, 6) is 0.786. The second-order valence-corrected chi connectivity index (χ2v) is 9.67. The average molecular weight is 448 g/mol. The third-order valence-electron chi connectivity index (χ3n) is 7.31. The van der Waals surface area contributed by atoms with Gasteiger partial charge >= 0.3 is 5.97 Å². The van der Waals surface area contributed by atoms with E-state index in [1.165, 1.54) is 22.4 Å². The van der Waals surface area contributed by atoms with Crippen LogP contribution in [0.4, 0.5) is 5.69 Å². The highest BCUT2D eigenvalue weighted by Gasteiger charge is 2.47. The third-order valence-corrected chi connectivity index (χ3v) is 7.84. The van der Waals surface area contributed by atoms with Gasteiger partial charge in [-0.25, -0.2) is 4.79 Å². The molecule has 2 aliphatic carbocycles. The minimum Gasteiger partial charge on any atom is -0.478 e. The molecule has 29 heavy (non-hydrogen) atoms. The maximum absolute atomic E-state index is 11.9. The first kappa shape index (κ1) is 17.5. The number of hydrogen-bond acceptors (Lipinski definition) is 2. The van der Waals surface area contributed by atoms with E-state index in [0.29, 0.717) is 35.3 Å². The molecule has 1 N–H and O–H groups in total. The van der Waals surface area contributed by atoms with Crippen molar-refractivity contribution in [3.05, 3.63) is 87.4 Å². The minimum atomic E-state index is -0.822. The lowest BCUT2D eigenvalue weighted by Gasteiger charge is -2.51. The molecule has 0 unspecified atom stereocenters. The van der Waals surface area contributed by atoms with E-state index in [1.807, 2.05) is 12.1 Å². The van der Waals surface area contributed by atoms with Crippen LogP contribution in [0.5, 0.6) is 0 Å². The number of nitrogens with zero attached hydrogens (tertiary/aromatic N) is 1. The number of carboxylic acid groups (broad SMARTS) is 1. The molecule has 0 amide bonds. The van der Waals surface area contributed by atoms with Crippen molar-refractivity contribution in [3.63, 3.8) is 0 Å². The summed E-state index contributed by atoms with van der Waals surface area (Å²) in [4.78, 5) is 14.5. The molecule has 146 valence electrons. The third kappa shape index (κ3) is 2.51. The summed E-state index contributed by atoms with van der Waals surface area (Å²) < 4.78 is 1.10. The van der Waals surface area contributed by atoms with Crippen molar-refractivity contribution in [3.8, 4) is 0 Å². The molecule has 0 spiro atoms. The van der Waals surface area contributed by atoms with Crippen LogP contribution >= 0.6 is 15.9 Å². The lowest BCUT2D eigenvalue weighted by Crippen LogP contribution is -2.46. The van der Waals surface area contributed by atoms with Gasteiger partial charge in [-0.3, -0.25) is 0 Å². The Kier molecular flexibility index (Phi) is 3.83. The Bertz CT molecular complexity index is 1070. The van der Waals surface area contributed by atoms with Crippen LogP contribution < -0.4 is 4.90 Å². The molecule has 4 aliphatic rings. The van der Waals surface area contributed by atoms with Crippen LogP contribution in [-0.2, 0) is 0 Å². The number of benzene rings is 2.